The van der Waals surface area contributed by atoms with Crippen molar-refractivity contribution in [3.05, 3.63) is 88.2 Å². The molecule has 0 saturated heterocycles. The third-order valence-corrected chi connectivity index (χ3v) is 4.77. The van der Waals surface area contributed by atoms with Gasteiger partial charge >= 0.3 is 0 Å². The summed E-state index contributed by atoms with van der Waals surface area (Å²) in [6, 6.07) is 17.8. The minimum Gasteiger partial charge on any atom is -0.484 e. The van der Waals surface area contributed by atoms with Crippen LogP contribution in [0.2, 0.25) is 5.02 Å². The van der Waals surface area contributed by atoms with Gasteiger partial charge in [0.15, 0.2) is 6.61 Å². The summed E-state index contributed by atoms with van der Waals surface area (Å²) >= 11 is 6.07. The molecule has 0 fully saturated rings. The van der Waals surface area contributed by atoms with Crippen LogP contribution in [-0.4, -0.2) is 23.1 Å². The zero-order valence-corrected chi connectivity index (χ0v) is 17.0. The molecule has 0 unspecified atom stereocenters. The van der Waals surface area contributed by atoms with Crippen molar-refractivity contribution in [3.8, 4) is 5.75 Å². The SMILES string of the molecule is Cc1ccc(C)n1NC(=O)c1ccc(OCC(=O)NCc2ccccc2Cl)cc1. The molecule has 0 aliphatic heterocycles. The molecular formula is C22H22ClN3O3. The second-order valence-electron chi connectivity index (χ2n) is 6.57. The van der Waals surface area contributed by atoms with Gasteiger partial charge in [0.2, 0.25) is 0 Å². The van der Waals surface area contributed by atoms with E-state index >= 15 is 0 Å². The number of hydrogen-bond donors (Lipinski definition) is 2. The van der Waals surface area contributed by atoms with Gasteiger partial charge in [-0.15, -0.1) is 0 Å². The van der Waals surface area contributed by atoms with Gasteiger partial charge in [0, 0.05) is 28.5 Å². The van der Waals surface area contributed by atoms with Crippen molar-refractivity contribution < 1.29 is 14.3 Å². The number of nitrogens with one attached hydrogen (secondary N) is 2. The van der Waals surface area contributed by atoms with Crippen LogP contribution < -0.4 is 15.5 Å². The fourth-order valence-electron chi connectivity index (χ4n) is 2.75. The second-order valence-corrected chi connectivity index (χ2v) is 6.98. The largest absolute Gasteiger partial charge is 0.484 e. The van der Waals surface area contributed by atoms with E-state index in [-0.39, 0.29) is 18.4 Å². The highest BCUT2D eigenvalue weighted by atomic mass is 35.5. The molecular weight excluding hydrogens is 390 g/mol. The standard InChI is InChI=1S/C22H22ClN3O3/c1-15-7-8-16(2)26(15)25-22(28)17-9-11-19(12-10-17)29-14-21(27)24-13-18-5-3-4-6-20(18)23/h3-12H,13-14H2,1-2H3,(H,24,27)(H,25,28). The van der Waals surface area contributed by atoms with E-state index in [4.69, 9.17) is 16.3 Å². The van der Waals surface area contributed by atoms with E-state index in [0.29, 0.717) is 22.9 Å². The molecule has 7 heteroatoms. The molecule has 0 atom stereocenters. The van der Waals surface area contributed by atoms with Crippen molar-refractivity contribution in [1.29, 1.82) is 0 Å². The Hall–Kier alpha value is -3.25. The van der Waals surface area contributed by atoms with E-state index in [9.17, 15) is 9.59 Å². The Kier molecular flexibility index (Phi) is 6.57. The Morgan fingerprint density at radius 3 is 2.28 bits per heavy atom. The lowest BCUT2D eigenvalue weighted by molar-refractivity contribution is -0.123. The van der Waals surface area contributed by atoms with E-state index in [2.05, 4.69) is 10.7 Å². The highest BCUT2D eigenvalue weighted by molar-refractivity contribution is 6.31. The van der Waals surface area contributed by atoms with Crippen molar-refractivity contribution in [3.63, 3.8) is 0 Å². The smallest absolute Gasteiger partial charge is 0.270 e. The van der Waals surface area contributed by atoms with E-state index in [1.807, 2.05) is 44.2 Å². The molecule has 6 nitrogen and oxygen atoms in total. The summed E-state index contributed by atoms with van der Waals surface area (Å²) in [7, 11) is 0. The first kappa shape index (κ1) is 20.5. The molecule has 150 valence electrons. The number of carbonyl (C=O) groups excluding carboxylic acids is 2. The number of halogens is 1. The van der Waals surface area contributed by atoms with E-state index < -0.39 is 0 Å². The molecule has 3 rings (SSSR count). The molecule has 2 aromatic carbocycles. The molecule has 1 aromatic heterocycles. The third kappa shape index (κ3) is 5.39. The van der Waals surface area contributed by atoms with Gasteiger partial charge in [0.25, 0.3) is 11.8 Å². The second kappa shape index (κ2) is 9.30. The normalized spacial score (nSPS) is 10.4. The fourth-order valence-corrected chi connectivity index (χ4v) is 2.95. The van der Waals surface area contributed by atoms with Crippen LogP contribution in [0, 0.1) is 13.8 Å². The lowest BCUT2D eigenvalue weighted by atomic mass is 10.2. The summed E-state index contributed by atoms with van der Waals surface area (Å²) in [5.41, 5.74) is 6.06. The molecule has 0 aliphatic carbocycles. The lowest BCUT2D eigenvalue weighted by Gasteiger charge is -2.12. The molecule has 0 spiro atoms. The average molecular weight is 412 g/mol. The van der Waals surface area contributed by atoms with Gasteiger partial charge in [-0.05, 0) is 61.9 Å². The Morgan fingerprint density at radius 1 is 0.966 bits per heavy atom. The molecule has 29 heavy (non-hydrogen) atoms. The highest BCUT2D eigenvalue weighted by Crippen LogP contribution is 2.15. The number of nitrogens with zero attached hydrogens (tertiary/aromatic N) is 1. The van der Waals surface area contributed by atoms with Crippen LogP contribution in [0.25, 0.3) is 0 Å². The Bertz CT molecular complexity index is 993. The summed E-state index contributed by atoms with van der Waals surface area (Å²) < 4.78 is 7.22. The third-order valence-electron chi connectivity index (χ3n) is 4.40. The Morgan fingerprint density at radius 2 is 1.62 bits per heavy atom. The van der Waals surface area contributed by atoms with Crippen molar-refractivity contribution in [1.82, 2.24) is 9.99 Å². The number of hydrogen-bond acceptors (Lipinski definition) is 3. The predicted molar refractivity (Wildman–Crippen MR) is 113 cm³/mol. The molecule has 0 aliphatic rings. The van der Waals surface area contributed by atoms with Crippen molar-refractivity contribution in [2.24, 2.45) is 0 Å². The zero-order chi connectivity index (χ0) is 20.8. The molecule has 1 heterocycles. The molecule has 3 aromatic rings. The van der Waals surface area contributed by atoms with Crippen LogP contribution in [-0.2, 0) is 11.3 Å². The first-order valence-corrected chi connectivity index (χ1v) is 9.51. The maximum atomic E-state index is 12.4. The number of amides is 2. The van der Waals surface area contributed by atoms with Crippen LogP contribution in [0.5, 0.6) is 5.75 Å². The van der Waals surface area contributed by atoms with Gasteiger partial charge in [-0.2, -0.15) is 0 Å². The number of benzene rings is 2. The monoisotopic (exact) mass is 411 g/mol. The number of ether oxygens (including phenoxy) is 1. The summed E-state index contributed by atoms with van der Waals surface area (Å²) in [4.78, 5) is 24.4. The molecule has 0 radical (unpaired) electrons. The van der Waals surface area contributed by atoms with Crippen LogP contribution in [0.4, 0.5) is 0 Å². The van der Waals surface area contributed by atoms with Gasteiger partial charge < -0.3 is 10.1 Å². The van der Waals surface area contributed by atoms with Crippen LogP contribution in [0.1, 0.15) is 27.3 Å². The summed E-state index contributed by atoms with van der Waals surface area (Å²) in [5.74, 6) is 0.0181. The Balaban J connectivity index is 1.49. The van der Waals surface area contributed by atoms with Gasteiger partial charge in [0.05, 0.1) is 0 Å². The van der Waals surface area contributed by atoms with E-state index in [1.165, 1.54) is 0 Å². The number of aryl methyl sites for hydroxylation is 2. The van der Waals surface area contributed by atoms with Crippen molar-refractivity contribution in [2.75, 3.05) is 12.0 Å². The molecule has 2 amide bonds. The fraction of sp³-hybridized carbons (Fsp3) is 0.182. The van der Waals surface area contributed by atoms with Crippen LogP contribution in [0.15, 0.2) is 60.7 Å². The molecule has 0 bridgehead atoms. The average Bonchev–Trinajstić information content (AvgIpc) is 3.04. The van der Waals surface area contributed by atoms with Gasteiger partial charge in [-0.1, -0.05) is 29.8 Å². The van der Waals surface area contributed by atoms with Crippen LogP contribution in [0.3, 0.4) is 0 Å². The minimum atomic E-state index is -0.259. The van der Waals surface area contributed by atoms with E-state index in [1.54, 1.807) is 35.0 Å². The first-order valence-electron chi connectivity index (χ1n) is 9.13. The van der Waals surface area contributed by atoms with Gasteiger partial charge in [-0.3, -0.25) is 19.7 Å². The lowest BCUT2D eigenvalue weighted by Crippen LogP contribution is -2.28. The number of rotatable bonds is 7. The van der Waals surface area contributed by atoms with Crippen molar-refractivity contribution >= 4 is 23.4 Å². The quantitative estimate of drug-likeness (QED) is 0.620. The zero-order valence-electron chi connectivity index (χ0n) is 16.2. The van der Waals surface area contributed by atoms with E-state index in [0.717, 1.165) is 17.0 Å². The summed E-state index contributed by atoms with van der Waals surface area (Å²) in [6.45, 7) is 4.04. The number of carbonyl (C=O) groups is 2. The topological polar surface area (TPSA) is 72.4 Å². The van der Waals surface area contributed by atoms with Crippen LogP contribution >= 0.6 is 11.6 Å². The minimum absolute atomic E-state index is 0.127. The summed E-state index contributed by atoms with van der Waals surface area (Å²) in [6.07, 6.45) is 0. The highest BCUT2D eigenvalue weighted by Gasteiger charge is 2.10. The number of aromatic nitrogens is 1. The first-order chi connectivity index (χ1) is 13.9. The van der Waals surface area contributed by atoms with Gasteiger partial charge in [-0.25, -0.2) is 0 Å². The predicted octanol–water partition coefficient (Wildman–Crippen LogP) is 3.84. The maximum absolute atomic E-state index is 12.4. The Labute approximate surface area is 174 Å². The van der Waals surface area contributed by atoms with Crippen molar-refractivity contribution in [2.45, 2.75) is 20.4 Å². The molecule has 2 N–H and O–H groups in total. The maximum Gasteiger partial charge on any atom is 0.270 e. The van der Waals surface area contributed by atoms with Gasteiger partial charge in [0.1, 0.15) is 5.75 Å². The molecule has 0 saturated carbocycles. The summed E-state index contributed by atoms with van der Waals surface area (Å²) in [5, 5.41) is 3.36.